The van der Waals surface area contributed by atoms with Crippen molar-refractivity contribution in [3.05, 3.63) is 0 Å². The van der Waals surface area contributed by atoms with E-state index in [1.54, 1.807) is 0 Å². The molecule has 0 aliphatic rings. The molecule has 18 heavy (non-hydrogen) atoms. The van der Waals surface area contributed by atoms with E-state index < -0.39 is 39.0 Å². The number of carbonyl (C=O) groups is 2. The molecule has 12 N–H and O–H groups in total. The molecule has 0 atom stereocenters. The summed E-state index contributed by atoms with van der Waals surface area (Å²) in [5, 5.41) is 35.8. The molecule has 0 radical (unpaired) electrons. The largest absolute Gasteiger partial charge is 0.380 e. The minimum absolute atomic E-state index is 0.447. The summed E-state index contributed by atoms with van der Waals surface area (Å²) < 4.78 is 0. The Bertz CT molecular complexity index is 179. The van der Waals surface area contributed by atoms with E-state index in [2.05, 4.69) is 22.9 Å². The van der Waals surface area contributed by atoms with E-state index in [0.717, 1.165) is 10.0 Å². The van der Waals surface area contributed by atoms with Crippen LogP contribution in [0.15, 0.2) is 0 Å². The molecule has 0 aliphatic carbocycles. The number of urea groups is 2. The average molecular weight is 272 g/mol. The molecule has 0 heterocycles. The highest BCUT2D eigenvalue weighted by molar-refractivity contribution is 5.69. The first kappa shape index (κ1) is 21.6. The van der Waals surface area contributed by atoms with Gasteiger partial charge in [-0.25, -0.2) is 9.59 Å². The Balaban J connectivity index is -0.000000233. The molecule has 0 spiro atoms. The van der Waals surface area contributed by atoms with Crippen LogP contribution in [-0.4, -0.2) is 69.4 Å². The van der Waals surface area contributed by atoms with Crippen molar-refractivity contribution in [1.29, 1.82) is 0 Å². The van der Waals surface area contributed by atoms with E-state index in [1.165, 1.54) is 0 Å². The van der Waals surface area contributed by atoms with Crippen LogP contribution < -0.4 is 22.9 Å². The predicted molar refractivity (Wildman–Crippen MR) is 59.6 cm³/mol. The molecule has 0 rings (SSSR count). The van der Waals surface area contributed by atoms with Crippen LogP contribution in [0, 0.1) is 0 Å². The number of rotatable bonds is 5. The Morgan fingerprint density at radius 1 is 0.667 bits per heavy atom. The molecular formula is C6H20N6O6. The quantitative estimate of drug-likeness (QED) is 0.179. The molecule has 0 fully saturated rings. The molecule has 4 amide bonds. The normalized spacial score (nSPS) is 9.00. The highest BCUT2D eigenvalue weighted by Gasteiger charge is 2.09. The van der Waals surface area contributed by atoms with Crippen LogP contribution in [0.4, 0.5) is 9.59 Å². The lowest BCUT2D eigenvalue weighted by atomic mass is 10.9. The molecule has 0 aromatic carbocycles. The standard InChI is InChI=1S/C4H12N2O4.2CH4N2O/c7-1-5(2-8)6(3-9)4-10;2*2-1(3)4/h7-10H,1-4H2;2*(H4,2,3,4). The van der Waals surface area contributed by atoms with E-state index in [-0.39, 0.29) is 0 Å². The zero-order valence-corrected chi connectivity index (χ0v) is 9.64. The van der Waals surface area contributed by atoms with Crippen LogP contribution in [0.5, 0.6) is 0 Å². The first-order valence-corrected chi connectivity index (χ1v) is 4.29. The molecule has 12 heteroatoms. The second kappa shape index (κ2) is 15.3. The summed E-state index contributed by atoms with van der Waals surface area (Å²) in [6.45, 7) is -1.79. The van der Waals surface area contributed by atoms with Gasteiger partial charge in [0.15, 0.2) is 0 Å². The molecule has 0 aromatic rings. The van der Waals surface area contributed by atoms with Crippen molar-refractivity contribution in [1.82, 2.24) is 10.0 Å². The van der Waals surface area contributed by atoms with Gasteiger partial charge < -0.3 is 43.4 Å². The molecule has 0 aromatic heterocycles. The number of hydrogen-bond acceptors (Lipinski definition) is 8. The summed E-state index contributed by atoms with van der Waals surface area (Å²) in [4.78, 5) is 18.0. The summed E-state index contributed by atoms with van der Waals surface area (Å²) >= 11 is 0. The number of amides is 4. The smallest absolute Gasteiger partial charge is 0.309 e. The van der Waals surface area contributed by atoms with Crippen molar-refractivity contribution < 1.29 is 30.0 Å². The second-order valence-corrected chi connectivity index (χ2v) is 2.38. The van der Waals surface area contributed by atoms with Crippen LogP contribution in [0.25, 0.3) is 0 Å². The highest BCUT2D eigenvalue weighted by Crippen LogP contribution is 1.90. The van der Waals surface area contributed by atoms with Gasteiger partial charge in [-0.2, -0.15) is 10.0 Å². The minimum atomic E-state index is -0.833. The maximum atomic E-state index is 9.00. The van der Waals surface area contributed by atoms with Gasteiger partial charge in [-0.1, -0.05) is 0 Å². The predicted octanol–water partition coefficient (Wildman–Crippen LogP) is -4.65. The number of aliphatic hydroxyl groups excluding tert-OH is 4. The molecule has 12 nitrogen and oxygen atoms in total. The van der Waals surface area contributed by atoms with Gasteiger partial charge in [-0.05, 0) is 0 Å². The molecular weight excluding hydrogens is 252 g/mol. The molecule has 0 aliphatic heterocycles. The number of hydrogen-bond donors (Lipinski definition) is 8. The van der Waals surface area contributed by atoms with Crippen LogP contribution in [-0.2, 0) is 0 Å². The second-order valence-electron chi connectivity index (χ2n) is 2.38. The Morgan fingerprint density at radius 2 is 0.778 bits per heavy atom. The van der Waals surface area contributed by atoms with Crippen molar-refractivity contribution in [2.24, 2.45) is 22.9 Å². The van der Waals surface area contributed by atoms with E-state index in [0.29, 0.717) is 0 Å². The fourth-order valence-corrected chi connectivity index (χ4v) is 0.447. The van der Waals surface area contributed by atoms with Gasteiger partial charge in [0.05, 0.1) is 0 Å². The fourth-order valence-electron chi connectivity index (χ4n) is 0.447. The van der Waals surface area contributed by atoms with E-state index >= 15 is 0 Å². The number of primary amides is 4. The lowest BCUT2D eigenvalue weighted by Gasteiger charge is -2.27. The Labute approximate surface area is 103 Å². The van der Waals surface area contributed by atoms with Gasteiger partial charge in [-0.15, -0.1) is 0 Å². The van der Waals surface area contributed by atoms with Gasteiger partial charge in [0, 0.05) is 0 Å². The summed E-state index contributed by atoms with van der Waals surface area (Å²) in [5.41, 5.74) is 17.0. The van der Waals surface area contributed by atoms with Crippen molar-refractivity contribution in [2.45, 2.75) is 0 Å². The Morgan fingerprint density at radius 3 is 0.833 bits per heavy atom. The SMILES string of the molecule is NC(N)=O.NC(N)=O.OCN(CO)N(CO)CO. The maximum absolute atomic E-state index is 9.00. The highest BCUT2D eigenvalue weighted by atomic mass is 16.4. The zero-order chi connectivity index (χ0) is 15.1. The van der Waals surface area contributed by atoms with Crippen LogP contribution in [0.3, 0.4) is 0 Å². The number of carbonyl (C=O) groups excluding carboxylic acids is 2. The third kappa shape index (κ3) is 23.8. The maximum Gasteiger partial charge on any atom is 0.309 e. The summed E-state index contributed by atoms with van der Waals surface area (Å²) in [6, 6.07) is -1.67. The van der Waals surface area contributed by atoms with Crippen molar-refractivity contribution in [3.8, 4) is 0 Å². The van der Waals surface area contributed by atoms with Gasteiger partial charge in [0.25, 0.3) is 0 Å². The molecule has 110 valence electrons. The minimum Gasteiger partial charge on any atom is -0.380 e. The van der Waals surface area contributed by atoms with Gasteiger partial charge in [-0.3, -0.25) is 0 Å². The topological polar surface area (TPSA) is 226 Å². The number of nitrogens with zero attached hydrogens (tertiary/aromatic N) is 2. The number of hydrazine groups is 1. The molecule has 0 saturated heterocycles. The van der Waals surface area contributed by atoms with E-state index in [1.807, 2.05) is 0 Å². The van der Waals surface area contributed by atoms with Crippen LogP contribution in [0.2, 0.25) is 0 Å². The van der Waals surface area contributed by atoms with Crippen molar-refractivity contribution >= 4 is 12.1 Å². The van der Waals surface area contributed by atoms with Gasteiger partial charge >= 0.3 is 12.1 Å². The van der Waals surface area contributed by atoms with Crippen LogP contribution >= 0.6 is 0 Å². The van der Waals surface area contributed by atoms with E-state index in [4.69, 9.17) is 30.0 Å². The fraction of sp³-hybridized carbons (Fsp3) is 0.667. The summed E-state index contributed by atoms with van der Waals surface area (Å²) in [7, 11) is 0. The number of nitrogens with two attached hydrogens (primary N) is 4. The molecule has 0 saturated carbocycles. The average Bonchev–Trinajstić information content (AvgIpc) is 2.24. The Hall–Kier alpha value is -1.70. The molecule has 0 bridgehead atoms. The van der Waals surface area contributed by atoms with Crippen molar-refractivity contribution in [3.63, 3.8) is 0 Å². The molecule has 0 unspecified atom stereocenters. The first-order chi connectivity index (χ1) is 8.26. The third-order valence-corrected chi connectivity index (χ3v) is 1.05. The van der Waals surface area contributed by atoms with E-state index in [9.17, 15) is 0 Å². The lowest BCUT2D eigenvalue weighted by molar-refractivity contribution is -0.186. The summed E-state index contributed by atoms with van der Waals surface area (Å²) in [5.74, 6) is 0. The zero-order valence-electron chi connectivity index (χ0n) is 9.64. The number of aliphatic hydroxyl groups is 4. The van der Waals surface area contributed by atoms with Gasteiger partial charge in [0.2, 0.25) is 0 Å². The van der Waals surface area contributed by atoms with Crippen LogP contribution in [0.1, 0.15) is 0 Å². The van der Waals surface area contributed by atoms with Gasteiger partial charge in [0.1, 0.15) is 26.9 Å². The monoisotopic (exact) mass is 272 g/mol. The Kier molecular flexibility index (Phi) is 18.3. The van der Waals surface area contributed by atoms with Crippen molar-refractivity contribution in [2.75, 3.05) is 26.9 Å². The first-order valence-electron chi connectivity index (χ1n) is 4.29. The summed E-state index contributed by atoms with van der Waals surface area (Å²) in [6.07, 6.45) is 0. The lowest BCUT2D eigenvalue weighted by Crippen LogP contribution is -2.44. The third-order valence-electron chi connectivity index (χ3n) is 1.05.